The Hall–Kier alpha value is -2.09. The summed E-state index contributed by atoms with van der Waals surface area (Å²) in [6.07, 6.45) is 1.50. The fraction of sp³-hybridized carbons (Fsp3) is 0. The van der Waals surface area contributed by atoms with Gasteiger partial charge in [-0.15, -0.1) is 5.10 Å². The molecule has 0 radical (unpaired) electrons. The quantitative estimate of drug-likeness (QED) is 0.716. The van der Waals surface area contributed by atoms with Crippen LogP contribution in [0.1, 0.15) is 10.4 Å². The first-order valence-electron chi connectivity index (χ1n) is 4.21. The van der Waals surface area contributed by atoms with E-state index in [1.54, 1.807) is 6.07 Å². The molecule has 82 valence electrons. The summed E-state index contributed by atoms with van der Waals surface area (Å²) in [6, 6.07) is 3.02. The molecule has 0 atom stereocenters. The molecule has 16 heavy (non-hydrogen) atoms. The lowest BCUT2D eigenvalue weighted by Crippen LogP contribution is -2.00. The molecule has 0 bridgehead atoms. The number of rotatable bonds is 3. The molecule has 0 amide bonds. The third-order valence-electron chi connectivity index (χ3n) is 1.67. The Labute approximate surface area is 94.1 Å². The molecular weight excluding hydrogens is 230 g/mol. The van der Waals surface area contributed by atoms with Crippen molar-refractivity contribution in [3.05, 3.63) is 23.9 Å². The Bertz CT molecular complexity index is 527. The minimum absolute atomic E-state index is 0.107. The van der Waals surface area contributed by atoms with E-state index in [-0.39, 0.29) is 11.5 Å². The van der Waals surface area contributed by atoms with Gasteiger partial charge in [-0.1, -0.05) is 0 Å². The van der Waals surface area contributed by atoms with Crippen LogP contribution in [0.5, 0.6) is 0 Å². The van der Waals surface area contributed by atoms with Crippen molar-refractivity contribution >= 4 is 23.7 Å². The summed E-state index contributed by atoms with van der Waals surface area (Å²) in [5.41, 5.74) is 5.46. The summed E-state index contributed by atoms with van der Waals surface area (Å²) in [4.78, 5) is 18.7. The van der Waals surface area contributed by atoms with Crippen LogP contribution < -0.4 is 5.73 Å². The second-order valence-electron chi connectivity index (χ2n) is 2.77. The zero-order valence-electron chi connectivity index (χ0n) is 7.91. The van der Waals surface area contributed by atoms with E-state index in [2.05, 4.69) is 20.2 Å². The summed E-state index contributed by atoms with van der Waals surface area (Å²) in [5.74, 6) is -0.866. The monoisotopic (exact) mass is 237 g/mol. The Kier molecular flexibility index (Phi) is 2.73. The number of carboxylic acid groups (broad SMARTS) is 1. The minimum atomic E-state index is -1.04. The number of aromatic carboxylic acids is 1. The number of H-pyrrole nitrogens is 1. The smallest absolute Gasteiger partial charge is 0.338 e. The van der Waals surface area contributed by atoms with Crippen molar-refractivity contribution < 1.29 is 9.90 Å². The lowest BCUT2D eigenvalue weighted by atomic mass is 10.3. The predicted molar refractivity (Wildman–Crippen MR) is 56.1 cm³/mol. The Balaban J connectivity index is 2.31. The number of hydrogen-bond donors (Lipinski definition) is 3. The summed E-state index contributed by atoms with van der Waals surface area (Å²) >= 11 is 1.04. The SMILES string of the molecule is Nc1nc(Sc2ncccc2C(=O)O)n[nH]1. The van der Waals surface area contributed by atoms with E-state index >= 15 is 0 Å². The molecule has 0 unspecified atom stereocenters. The molecule has 0 aliphatic heterocycles. The minimum Gasteiger partial charge on any atom is -0.478 e. The first-order chi connectivity index (χ1) is 7.66. The fourth-order valence-electron chi connectivity index (χ4n) is 1.03. The maximum absolute atomic E-state index is 10.9. The molecule has 2 aromatic heterocycles. The molecule has 7 nitrogen and oxygen atoms in total. The molecule has 0 aliphatic carbocycles. The van der Waals surface area contributed by atoms with Crippen LogP contribution in [-0.2, 0) is 0 Å². The number of aromatic nitrogens is 4. The number of anilines is 1. The maximum atomic E-state index is 10.9. The highest BCUT2D eigenvalue weighted by molar-refractivity contribution is 7.99. The highest BCUT2D eigenvalue weighted by Crippen LogP contribution is 2.25. The van der Waals surface area contributed by atoms with Gasteiger partial charge in [0.2, 0.25) is 11.1 Å². The van der Waals surface area contributed by atoms with Gasteiger partial charge < -0.3 is 10.8 Å². The Morgan fingerprint density at radius 3 is 3.00 bits per heavy atom. The van der Waals surface area contributed by atoms with Crippen molar-refractivity contribution in [2.24, 2.45) is 0 Å². The van der Waals surface area contributed by atoms with Gasteiger partial charge in [-0.2, -0.15) is 4.98 Å². The first kappa shape index (κ1) is 10.4. The summed E-state index contributed by atoms with van der Waals surface area (Å²) < 4.78 is 0. The summed E-state index contributed by atoms with van der Waals surface area (Å²) in [7, 11) is 0. The number of nitrogen functional groups attached to an aromatic ring is 1. The third kappa shape index (κ3) is 2.11. The van der Waals surface area contributed by atoms with Gasteiger partial charge in [0.1, 0.15) is 5.03 Å². The third-order valence-corrected chi connectivity index (χ3v) is 2.56. The molecule has 0 aliphatic rings. The number of nitrogens with two attached hydrogens (primary N) is 1. The first-order valence-corrected chi connectivity index (χ1v) is 5.02. The zero-order valence-corrected chi connectivity index (χ0v) is 8.73. The molecule has 0 saturated carbocycles. The second kappa shape index (κ2) is 4.19. The van der Waals surface area contributed by atoms with Gasteiger partial charge in [-0.05, 0) is 23.9 Å². The zero-order chi connectivity index (χ0) is 11.5. The molecule has 2 rings (SSSR count). The summed E-state index contributed by atoms with van der Waals surface area (Å²) in [5, 5.41) is 15.8. The second-order valence-corrected chi connectivity index (χ2v) is 3.72. The molecule has 0 saturated heterocycles. The van der Waals surface area contributed by atoms with Crippen LogP contribution in [0.3, 0.4) is 0 Å². The highest BCUT2D eigenvalue weighted by Gasteiger charge is 2.13. The van der Waals surface area contributed by atoms with Gasteiger partial charge in [-0.3, -0.25) is 0 Å². The Morgan fingerprint density at radius 1 is 1.56 bits per heavy atom. The van der Waals surface area contributed by atoms with Crippen molar-refractivity contribution in [3.8, 4) is 0 Å². The number of carbonyl (C=O) groups is 1. The van der Waals surface area contributed by atoms with E-state index in [9.17, 15) is 4.79 Å². The van der Waals surface area contributed by atoms with E-state index in [1.807, 2.05) is 0 Å². The number of nitrogens with one attached hydrogen (secondary N) is 1. The van der Waals surface area contributed by atoms with Gasteiger partial charge >= 0.3 is 5.97 Å². The van der Waals surface area contributed by atoms with Crippen LogP contribution in [0.25, 0.3) is 0 Å². The molecule has 2 aromatic rings. The standard InChI is InChI=1S/C8H7N5O2S/c9-7-11-8(13-12-7)16-5-4(6(14)15)2-1-3-10-5/h1-3H,(H,14,15)(H3,9,11,12,13). The van der Waals surface area contributed by atoms with E-state index in [4.69, 9.17) is 10.8 Å². The fourth-order valence-corrected chi connectivity index (χ4v) is 1.81. The van der Waals surface area contributed by atoms with E-state index in [0.717, 1.165) is 11.8 Å². The average Bonchev–Trinajstić information content (AvgIpc) is 2.64. The van der Waals surface area contributed by atoms with Crippen LogP contribution in [0.2, 0.25) is 0 Å². The van der Waals surface area contributed by atoms with Gasteiger partial charge in [0.05, 0.1) is 5.56 Å². The van der Waals surface area contributed by atoms with Crippen molar-refractivity contribution in [2.45, 2.75) is 10.2 Å². The van der Waals surface area contributed by atoms with E-state index < -0.39 is 5.97 Å². The molecule has 0 fully saturated rings. The van der Waals surface area contributed by atoms with Crippen LogP contribution in [0.4, 0.5) is 5.95 Å². The lowest BCUT2D eigenvalue weighted by molar-refractivity contribution is 0.0692. The van der Waals surface area contributed by atoms with Crippen molar-refractivity contribution in [3.63, 3.8) is 0 Å². The number of aromatic amines is 1. The van der Waals surface area contributed by atoms with E-state index in [0.29, 0.717) is 10.2 Å². The summed E-state index contributed by atoms with van der Waals surface area (Å²) in [6.45, 7) is 0. The molecule has 4 N–H and O–H groups in total. The number of carboxylic acids is 1. The van der Waals surface area contributed by atoms with Crippen LogP contribution in [-0.4, -0.2) is 31.2 Å². The number of nitrogens with zero attached hydrogens (tertiary/aromatic N) is 3. The molecule has 8 heteroatoms. The molecule has 0 spiro atoms. The van der Waals surface area contributed by atoms with Crippen molar-refractivity contribution in [1.29, 1.82) is 0 Å². The maximum Gasteiger partial charge on any atom is 0.338 e. The van der Waals surface area contributed by atoms with Crippen LogP contribution >= 0.6 is 11.8 Å². The van der Waals surface area contributed by atoms with Gasteiger partial charge in [0.25, 0.3) is 0 Å². The molecule has 2 heterocycles. The normalized spacial score (nSPS) is 10.2. The topological polar surface area (TPSA) is 118 Å². The largest absolute Gasteiger partial charge is 0.478 e. The van der Waals surface area contributed by atoms with Gasteiger partial charge in [0.15, 0.2) is 0 Å². The number of pyridine rings is 1. The Morgan fingerprint density at radius 2 is 2.38 bits per heavy atom. The number of hydrogen-bond acceptors (Lipinski definition) is 6. The lowest BCUT2D eigenvalue weighted by Gasteiger charge is -2.00. The molecular formula is C8H7N5O2S. The van der Waals surface area contributed by atoms with Gasteiger partial charge in [-0.25, -0.2) is 14.9 Å². The molecule has 0 aromatic carbocycles. The average molecular weight is 237 g/mol. The van der Waals surface area contributed by atoms with Crippen LogP contribution in [0.15, 0.2) is 28.5 Å². The van der Waals surface area contributed by atoms with Crippen molar-refractivity contribution in [1.82, 2.24) is 20.2 Å². The predicted octanol–water partition coefficient (Wildman–Crippen LogP) is 0.631. The van der Waals surface area contributed by atoms with E-state index in [1.165, 1.54) is 12.3 Å². The van der Waals surface area contributed by atoms with Crippen molar-refractivity contribution in [2.75, 3.05) is 5.73 Å². The highest BCUT2D eigenvalue weighted by atomic mass is 32.2. The van der Waals surface area contributed by atoms with Crippen LogP contribution in [0, 0.1) is 0 Å². The van der Waals surface area contributed by atoms with Gasteiger partial charge in [0, 0.05) is 6.20 Å².